The number of carbonyl (C=O) groups excluding carboxylic acids is 4. The van der Waals surface area contributed by atoms with E-state index in [1.165, 1.54) is 9.80 Å². The Hall–Kier alpha value is -6.40. The first-order valence-corrected chi connectivity index (χ1v) is 16.1. The Kier molecular flexibility index (Phi) is 6.96. The molecule has 2 aliphatic heterocycles. The Morgan fingerprint density at radius 2 is 0.694 bits per heavy atom. The molecule has 0 atom stereocenters. The van der Waals surface area contributed by atoms with Gasteiger partial charge in [0.05, 0.1) is 33.6 Å². The first-order valence-electron chi connectivity index (χ1n) is 16.1. The summed E-state index contributed by atoms with van der Waals surface area (Å²) < 4.78 is 0. The van der Waals surface area contributed by atoms with Gasteiger partial charge in [0.25, 0.3) is 23.6 Å². The van der Waals surface area contributed by atoms with Crippen LogP contribution in [0.2, 0.25) is 0 Å². The van der Waals surface area contributed by atoms with E-state index in [-0.39, 0.29) is 23.6 Å². The van der Waals surface area contributed by atoms with E-state index in [9.17, 15) is 19.2 Å². The van der Waals surface area contributed by atoms with Gasteiger partial charge in [-0.25, -0.2) is 9.80 Å². The third-order valence-electron chi connectivity index (χ3n) is 9.45. The van der Waals surface area contributed by atoms with Crippen molar-refractivity contribution in [2.45, 2.75) is 20.8 Å². The lowest BCUT2D eigenvalue weighted by molar-refractivity contribution is 0.0910. The number of imide groups is 2. The summed E-state index contributed by atoms with van der Waals surface area (Å²) in [5, 5.41) is 0. The van der Waals surface area contributed by atoms with Crippen LogP contribution in [0.25, 0.3) is 33.4 Å². The molecule has 8 rings (SSSR count). The van der Waals surface area contributed by atoms with E-state index in [4.69, 9.17) is 0 Å². The first-order chi connectivity index (χ1) is 23.7. The number of hydrogen-bond donors (Lipinski definition) is 0. The maximum atomic E-state index is 13.6. The number of rotatable bonds is 5. The van der Waals surface area contributed by atoms with Crippen molar-refractivity contribution in [2.75, 3.05) is 9.80 Å². The van der Waals surface area contributed by atoms with Gasteiger partial charge in [-0.3, -0.25) is 19.2 Å². The van der Waals surface area contributed by atoms with Gasteiger partial charge in [0, 0.05) is 0 Å². The molecule has 0 spiro atoms. The van der Waals surface area contributed by atoms with E-state index in [0.29, 0.717) is 33.6 Å². The molecule has 6 heteroatoms. The summed E-state index contributed by atoms with van der Waals surface area (Å²) in [6.07, 6.45) is 0. The zero-order chi connectivity index (χ0) is 34.0. The SMILES string of the molecule is Cc1ccc(-c2ccc3c(c2)C(=O)N(c2ccc(-c4ccc(N5C(=O)c6ccc(-c7ccc(C)cc7)cc6C5=O)cc4C)cc2)C3=O)cc1. The van der Waals surface area contributed by atoms with Crippen molar-refractivity contribution in [3.8, 4) is 33.4 Å². The molecule has 0 N–H and O–H groups in total. The van der Waals surface area contributed by atoms with Crippen LogP contribution in [0, 0.1) is 20.8 Å². The fourth-order valence-electron chi connectivity index (χ4n) is 6.70. The molecule has 0 aliphatic carbocycles. The molecule has 6 nitrogen and oxygen atoms in total. The summed E-state index contributed by atoms with van der Waals surface area (Å²) in [5.41, 5.74) is 11.2. The van der Waals surface area contributed by atoms with E-state index in [1.54, 1.807) is 42.5 Å². The summed E-state index contributed by atoms with van der Waals surface area (Å²) in [6.45, 7) is 5.97. The molecule has 0 saturated carbocycles. The molecule has 0 fully saturated rings. The summed E-state index contributed by atoms with van der Waals surface area (Å²) in [6, 6.07) is 39.6. The van der Waals surface area contributed by atoms with Crippen LogP contribution in [-0.4, -0.2) is 23.6 Å². The zero-order valence-electron chi connectivity index (χ0n) is 27.2. The van der Waals surface area contributed by atoms with E-state index in [1.807, 2.05) is 106 Å². The third kappa shape index (κ3) is 4.97. The fraction of sp³-hybridized carbons (Fsp3) is 0.0698. The van der Waals surface area contributed by atoms with Crippen LogP contribution in [0.1, 0.15) is 58.1 Å². The number of anilines is 2. The van der Waals surface area contributed by atoms with Crippen molar-refractivity contribution in [2.24, 2.45) is 0 Å². The van der Waals surface area contributed by atoms with Crippen molar-refractivity contribution < 1.29 is 19.2 Å². The number of benzene rings is 6. The van der Waals surface area contributed by atoms with Crippen LogP contribution in [-0.2, 0) is 0 Å². The lowest BCUT2D eigenvalue weighted by Crippen LogP contribution is -2.29. The monoisotopic (exact) mass is 638 g/mol. The topological polar surface area (TPSA) is 74.8 Å². The largest absolute Gasteiger partial charge is 0.268 e. The highest BCUT2D eigenvalue weighted by Gasteiger charge is 2.38. The predicted molar refractivity (Wildman–Crippen MR) is 192 cm³/mol. The van der Waals surface area contributed by atoms with Crippen LogP contribution in [0.3, 0.4) is 0 Å². The van der Waals surface area contributed by atoms with Gasteiger partial charge in [-0.15, -0.1) is 0 Å². The van der Waals surface area contributed by atoms with Crippen molar-refractivity contribution in [3.05, 3.63) is 166 Å². The van der Waals surface area contributed by atoms with Crippen LogP contribution in [0.4, 0.5) is 11.4 Å². The standard InChI is InChI=1S/C43H30N2O4/c1-25-4-8-28(9-5-25)31-14-19-36-38(23-31)42(48)44(40(36)46)33-16-12-30(13-17-33)35-21-18-34(22-27(35)3)45-41(47)37-20-15-32(24-39(37)43(45)49)29-10-6-26(2)7-11-29/h4-24H,1-3H3. The molecule has 0 aromatic heterocycles. The normalized spacial score (nSPS) is 13.7. The van der Waals surface area contributed by atoms with Gasteiger partial charge in [0.1, 0.15) is 0 Å². The number of nitrogens with zero attached hydrogens (tertiary/aromatic N) is 2. The number of carbonyl (C=O) groups is 4. The summed E-state index contributed by atoms with van der Waals surface area (Å²) in [5.74, 6) is -1.40. The van der Waals surface area contributed by atoms with E-state index in [2.05, 4.69) is 0 Å². The number of hydrogen-bond acceptors (Lipinski definition) is 4. The fourth-order valence-corrected chi connectivity index (χ4v) is 6.70. The van der Waals surface area contributed by atoms with Crippen molar-refractivity contribution in [1.29, 1.82) is 0 Å². The predicted octanol–water partition coefficient (Wildman–Crippen LogP) is 9.21. The van der Waals surface area contributed by atoms with Crippen molar-refractivity contribution in [3.63, 3.8) is 0 Å². The molecule has 0 radical (unpaired) electrons. The van der Waals surface area contributed by atoms with Crippen molar-refractivity contribution in [1.82, 2.24) is 0 Å². The molecule has 0 bridgehead atoms. The maximum Gasteiger partial charge on any atom is 0.266 e. The van der Waals surface area contributed by atoms with Crippen LogP contribution in [0.5, 0.6) is 0 Å². The molecule has 0 saturated heterocycles. The van der Waals surface area contributed by atoms with Gasteiger partial charge in [0.15, 0.2) is 0 Å². The van der Waals surface area contributed by atoms with E-state index < -0.39 is 0 Å². The molecule has 236 valence electrons. The third-order valence-corrected chi connectivity index (χ3v) is 9.45. The van der Waals surface area contributed by atoms with Gasteiger partial charge in [-0.1, -0.05) is 90.0 Å². The zero-order valence-corrected chi connectivity index (χ0v) is 27.2. The minimum Gasteiger partial charge on any atom is -0.268 e. The molecule has 6 aromatic carbocycles. The van der Waals surface area contributed by atoms with Gasteiger partial charge >= 0.3 is 0 Å². The molecular formula is C43H30N2O4. The first kappa shape index (κ1) is 30.0. The average Bonchev–Trinajstić information content (AvgIpc) is 3.52. The Balaban J connectivity index is 1.03. The highest BCUT2D eigenvalue weighted by atomic mass is 16.2. The molecule has 2 aliphatic rings. The Morgan fingerprint density at radius 1 is 0.327 bits per heavy atom. The molecule has 4 amide bonds. The van der Waals surface area contributed by atoms with Gasteiger partial charge in [-0.2, -0.15) is 0 Å². The molecule has 0 unspecified atom stereocenters. The number of aryl methyl sites for hydroxylation is 3. The minimum absolute atomic E-state index is 0.348. The Morgan fingerprint density at radius 3 is 1.16 bits per heavy atom. The smallest absolute Gasteiger partial charge is 0.266 e. The summed E-state index contributed by atoms with van der Waals surface area (Å²) in [4.78, 5) is 56.3. The molecular weight excluding hydrogens is 608 g/mol. The van der Waals surface area contributed by atoms with Gasteiger partial charge in [0.2, 0.25) is 0 Å². The molecule has 49 heavy (non-hydrogen) atoms. The second kappa shape index (κ2) is 11.4. The van der Waals surface area contributed by atoms with E-state index in [0.717, 1.165) is 50.1 Å². The second-order valence-corrected chi connectivity index (χ2v) is 12.7. The summed E-state index contributed by atoms with van der Waals surface area (Å²) >= 11 is 0. The minimum atomic E-state index is -0.353. The van der Waals surface area contributed by atoms with E-state index >= 15 is 0 Å². The highest BCUT2D eigenvalue weighted by molar-refractivity contribution is 6.35. The molecule has 6 aromatic rings. The average molecular weight is 639 g/mol. The Labute approximate surface area is 283 Å². The van der Waals surface area contributed by atoms with Crippen LogP contribution in [0.15, 0.2) is 127 Å². The molecule has 2 heterocycles. The second-order valence-electron chi connectivity index (χ2n) is 12.7. The van der Waals surface area contributed by atoms with Gasteiger partial charge in [-0.05, 0) is 108 Å². The number of amides is 4. The number of fused-ring (bicyclic) bond motifs is 2. The van der Waals surface area contributed by atoms with Crippen molar-refractivity contribution >= 4 is 35.0 Å². The lowest BCUT2D eigenvalue weighted by atomic mass is 9.99. The van der Waals surface area contributed by atoms with Gasteiger partial charge < -0.3 is 0 Å². The Bertz CT molecular complexity index is 2370. The summed E-state index contributed by atoms with van der Waals surface area (Å²) in [7, 11) is 0. The highest BCUT2D eigenvalue weighted by Crippen LogP contribution is 2.36. The quantitative estimate of drug-likeness (QED) is 0.177. The van der Waals surface area contributed by atoms with Crippen LogP contribution < -0.4 is 9.80 Å². The maximum absolute atomic E-state index is 13.6. The lowest BCUT2D eigenvalue weighted by Gasteiger charge is -2.17. The van der Waals surface area contributed by atoms with Crippen LogP contribution >= 0.6 is 0 Å².